The van der Waals surface area contributed by atoms with Gasteiger partial charge in [-0.05, 0) is 71.8 Å². The summed E-state index contributed by atoms with van der Waals surface area (Å²) in [5.41, 5.74) is 12.5. The summed E-state index contributed by atoms with van der Waals surface area (Å²) >= 11 is 0. The normalized spacial score (nSPS) is 10.6. The quantitative estimate of drug-likeness (QED) is 0.127. The molecule has 0 spiro atoms. The van der Waals surface area contributed by atoms with E-state index in [1.807, 2.05) is 48.5 Å². The fraction of sp³-hybridized carbons (Fsp3) is 0. The second-order valence-corrected chi connectivity index (χ2v) is 11.0. The van der Waals surface area contributed by atoms with E-state index in [9.17, 15) is 0 Å². The predicted octanol–water partition coefficient (Wildman–Crippen LogP) is 12.0. The molecule has 0 heterocycles. The molecular formula is C42H34N4. The van der Waals surface area contributed by atoms with Gasteiger partial charge in [0.1, 0.15) is 0 Å². The molecule has 0 aliphatic rings. The summed E-state index contributed by atoms with van der Waals surface area (Å²) < 4.78 is 0. The molecule has 4 nitrogen and oxygen atoms in total. The number of rotatable bonds is 10. The van der Waals surface area contributed by atoms with E-state index >= 15 is 0 Å². The average Bonchev–Trinajstić information content (AvgIpc) is 3.12. The number of nitrogens with one attached hydrogen (secondary N) is 4. The molecule has 0 aliphatic carbocycles. The molecule has 4 N–H and O–H groups in total. The first kappa shape index (κ1) is 28.5. The number of hydrogen-bond acceptors (Lipinski definition) is 4. The van der Waals surface area contributed by atoms with Gasteiger partial charge in [-0.2, -0.15) is 0 Å². The summed E-state index contributed by atoms with van der Waals surface area (Å²) in [6, 6.07) is 62.7. The standard InChI is InChI=1S/C42H34N4/c1-5-17-31(18-6-1)43-39-29-15-27-37(41(39)45-33-21-9-3-10-22-33)35-25-13-14-26-36(35)38-28-16-30-40(44-32-19-7-2-8-20-32)42(38)46-34-23-11-4-12-24-34/h1-30,43-46H. The van der Waals surface area contributed by atoms with Gasteiger partial charge in [0.25, 0.3) is 0 Å². The number of hydrogen-bond donors (Lipinski definition) is 4. The summed E-state index contributed by atoms with van der Waals surface area (Å²) in [5, 5.41) is 14.8. The van der Waals surface area contributed by atoms with E-state index in [1.54, 1.807) is 0 Å². The molecule has 7 aromatic carbocycles. The van der Waals surface area contributed by atoms with Crippen molar-refractivity contribution in [2.24, 2.45) is 0 Å². The highest BCUT2D eigenvalue weighted by Gasteiger charge is 2.18. The lowest BCUT2D eigenvalue weighted by atomic mass is 9.91. The van der Waals surface area contributed by atoms with Gasteiger partial charge in [0, 0.05) is 33.9 Å². The minimum atomic E-state index is 0.990. The molecule has 46 heavy (non-hydrogen) atoms. The number of para-hydroxylation sites is 6. The Balaban J connectivity index is 1.39. The first-order valence-electron chi connectivity index (χ1n) is 15.5. The molecule has 0 fully saturated rings. The Morgan fingerprint density at radius 3 is 0.848 bits per heavy atom. The first-order chi connectivity index (χ1) is 22.8. The Kier molecular flexibility index (Phi) is 8.42. The zero-order chi connectivity index (χ0) is 31.0. The lowest BCUT2D eigenvalue weighted by Gasteiger charge is -2.22. The smallest absolute Gasteiger partial charge is 0.0703 e. The van der Waals surface area contributed by atoms with Crippen LogP contribution in [0.15, 0.2) is 182 Å². The predicted molar refractivity (Wildman–Crippen MR) is 196 cm³/mol. The molecule has 0 amide bonds. The molecule has 0 saturated carbocycles. The van der Waals surface area contributed by atoms with Crippen LogP contribution in [0.4, 0.5) is 45.5 Å². The van der Waals surface area contributed by atoms with Gasteiger partial charge in [-0.15, -0.1) is 0 Å². The SMILES string of the molecule is c1ccc(Nc2cccc(-c3ccccc3-c3cccc(Nc4ccccc4)c3Nc3ccccc3)c2Nc2ccccc2)cc1. The Morgan fingerprint density at radius 1 is 0.217 bits per heavy atom. The summed E-state index contributed by atoms with van der Waals surface area (Å²) in [7, 11) is 0. The zero-order valence-electron chi connectivity index (χ0n) is 25.3. The van der Waals surface area contributed by atoms with E-state index in [0.29, 0.717) is 0 Å². The minimum Gasteiger partial charge on any atom is -0.354 e. The van der Waals surface area contributed by atoms with Gasteiger partial charge >= 0.3 is 0 Å². The number of anilines is 8. The van der Waals surface area contributed by atoms with Crippen molar-refractivity contribution in [3.63, 3.8) is 0 Å². The van der Waals surface area contributed by atoms with Crippen molar-refractivity contribution in [3.8, 4) is 22.3 Å². The van der Waals surface area contributed by atoms with Gasteiger partial charge in [-0.3, -0.25) is 0 Å². The molecule has 7 aromatic rings. The Bertz CT molecular complexity index is 1880. The van der Waals surface area contributed by atoms with E-state index < -0.39 is 0 Å². The second-order valence-electron chi connectivity index (χ2n) is 11.0. The van der Waals surface area contributed by atoms with Crippen LogP contribution in [0, 0.1) is 0 Å². The first-order valence-corrected chi connectivity index (χ1v) is 15.5. The van der Waals surface area contributed by atoms with Crippen LogP contribution in [-0.2, 0) is 0 Å². The van der Waals surface area contributed by atoms with Crippen molar-refractivity contribution >= 4 is 45.5 Å². The van der Waals surface area contributed by atoms with E-state index in [4.69, 9.17) is 0 Å². The average molecular weight is 595 g/mol. The third-order valence-electron chi connectivity index (χ3n) is 7.83. The minimum absolute atomic E-state index is 0.990. The van der Waals surface area contributed by atoms with Gasteiger partial charge < -0.3 is 21.3 Å². The molecular weight excluding hydrogens is 560 g/mol. The Hall–Kier alpha value is -6.26. The second kappa shape index (κ2) is 13.6. The summed E-state index contributed by atoms with van der Waals surface area (Å²) in [6.45, 7) is 0. The molecule has 0 atom stereocenters. The summed E-state index contributed by atoms with van der Waals surface area (Å²) in [5.74, 6) is 0. The van der Waals surface area contributed by atoms with Crippen LogP contribution in [0.3, 0.4) is 0 Å². The van der Waals surface area contributed by atoms with Crippen LogP contribution >= 0.6 is 0 Å². The molecule has 0 saturated heterocycles. The lowest BCUT2D eigenvalue weighted by molar-refractivity contribution is 1.48. The van der Waals surface area contributed by atoms with Gasteiger partial charge in [-0.1, -0.05) is 121 Å². The van der Waals surface area contributed by atoms with Gasteiger partial charge in [0.2, 0.25) is 0 Å². The highest BCUT2D eigenvalue weighted by Crippen LogP contribution is 2.45. The molecule has 222 valence electrons. The Morgan fingerprint density at radius 2 is 0.500 bits per heavy atom. The van der Waals surface area contributed by atoms with Crippen LogP contribution in [0.25, 0.3) is 22.3 Å². The highest BCUT2D eigenvalue weighted by atomic mass is 15.0. The highest BCUT2D eigenvalue weighted by molar-refractivity contribution is 6.00. The molecule has 0 radical (unpaired) electrons. The summed E-state index contributed by atoms with van der Waals surface area (Å²) in [6.07, 6.45) is 0. The van der Waals surface area contributed by atoms with E-state index in [0.717, 1.165) is 67.8 Å². The fourth-order valence-electron chi connectivity index (χ4n) is 5.67. The van der Waals surface area contributed by atoms with Crippen LogP contribution in [-0.4, -0.2) is 0 Å². The molecule has 0 bridgehead atoms. The van der Waals surface area contributed by atoms with E-state index in [2.05, 4.69) is 155 Å². The van der Waals surface area contributed by atoms with Crippen LogP contribution in [0.1, 0.15) is 0 Å². The fourth-order valence-corrected chi connectivity index (χ4v) is 5.67. The lowest BCUT2D eigenvalue weighted by Crippen LogP contribution is -2.02. The molecule has 4 heteroatoms. The van der Waals surface area contributed by atoms with Crippen molar-refractivity contribution in [1.82, 2.24) is 0 Å². The van der Waals surface area contributed by atoms with Crippen LogP contribution in [0.2, 0.25) is 0 Å². The third kappa shape index (κ3) is 6.47. The van der Waals surface area contributed by atoms with Crippen LogP contribution < -0.4 is 21.3 Å². The topological polar surface area (TPSA) is 48.1 Å². The molecule has 0 unspecified atom stereocenters. The summed E-state index contributed by atoms with van der Waals surface area (Å²) in [4.78, 5) is 0. The van der Waals surface area contributed by atoms with Crippen LogP contribution in [0.5, 0.6) is 0 Å². The Labute approximate surface area is 270 Å². The van der Waals surface area contributed by atoms with E-state index in [-0.39, 0.29) is 0 Å². The largest absolute Gasteiger partial charge is 0.354 e. The van der Waals surface area contributed by atoms with Crippen molar-refractivity contribution in [3.05, 3.63) is 182 Å². The molecule has 7 rings (SSSR count). The maximum atomic E-state index is 3.75. The van der Waals surface area contributed by atoms with Crippen molar-refractivity contribution in [1.29, 1.82) is 0 Å². The zero-order valence-corrected chi connectivity index (χ0v) is 25.3. The van der Waals surface area contributed by atoms with E-state index in [1.165, 1.54) is 0 Å². The van der Waals surface area contributed by atoms with Crippen molar-refractivity contribution in [2.75, 3.05) is 21.3 Å². The monoisotopic (exact) mass is 594 g/mol. The molecule has 0 aromatic heterocycles. The van der Waals surface area contributed by atoms with Gasteiger partial charge in [0.15, 0.2) is 0 Å². The third-order valence-corrected chi connectivity index (χ3v) is 7.83. The van der Waals surface area contributed by atoms with Crippen molar-refractivity contribution < 1.29 is 0 Å². The maximum Gasteiger partial charge on any atom is 0.0703 e. The van der Waals surface area contributed by atoms with Gasteiger partial charge in [0.05, 0.1) is 22.7 Å². The van der Waals surface area contributed by atoms with Gasteiger partial charge in [-0.25, -0.2) is 0 Å². The number of benzene rings is 7. The molecule has 0 aliphatic heterocycles. The van der Waals surface area contributed by atoms with Crippen molar-refractivity contribution in [2.45, 2.75) is 0 Å². The maximum absolute atomic E-state index is 3.75.